The topological polar surface area (TPSA) is 116 Å². The van der Waals surface area contributed by atoms with Crippen molar-refractivity contribution in [2.75, 3.05) is 20.3 Å². The van der Waals surface area contributed by atoms with Gasteiger partial charge in [-0.3, -0.25) is 19.2 Å². The van der Waals surface area contributed by atoms with Crippen LogP contribution in [0.25, 0.3) is 0 Å². The Hall–Kier alpha value is -3.81. The molecule has 0 radical (unpaired) electrons. The van der Waals surface area contributed by atoms with Crippen LogP contribution < -0.4 is 5.32 Å². The zero-order chi connectivity index (χ0) is 21.7. The molecule has 154 valence electrons. The van der Waals surface area contributed by atoms with E-state index in [9.17, 15) is 24.0 Å². The van der Waals surface area contributed by atoms with Gasteiger partial charge in [0.1, 0.15) is 0 Å². The van der Waals surface area contributed by atoms with Crippen LogP contribution in [0.1, 0.15) is 55.0 Å². The number of esters is 2. The number of methoxy groups -OCH3 is 1. The first-order chi connectivity index (χ1) is 14.4. The molecule has 0 atom stereocenters. The fourth-order valence-corrected chi connectivity index (χ4v) is 3.14. The molecule has 1 N–H and O–H groups in total. The van der Waals surface area contributed by atoms with Gasteiger partial charge in [0.15, 0.2) is 18.2 Å². The van der Waals surface area contributed by atoms with Crippen LogP contribution in [-0.2, 0) is 19.1 Å². The van der Waals surface area contributed by atoms with Crippen LogP contribution in [0.15, 0.2) is 42.5 Å². The highest BCUT2D eigenvalue weighted by Crippen LogP contribution is 2.29. The van der Waals surface area contributed by atoms with Crippen LogP contribution in [0.5, 0.6) is 0 Å². The first-order valence-electron chi connectivity index (χ1n) is 9.26. The number of carbonyl (C=O) groups is 5. The Labute approximate surface area is 172 Å². The molecule has 0 fully saturated rings. The first-order valence-corrected chi connectivity index (χ1v) is 9.26. The van der Waals surface area contributed by atoms with Gasteiger partial charge in [-0.1, -0.05) is 36.4 Å². The van der Waals surface area contributed by atoms with Crippen LogP contribution in [-0.4, -0.2) is 49.7 Å². The summed E-state index contributed by atoms with van der Waals surface area (Å²) < 4.78 is 9.52. The molecule has 8 nitrogen and oxygen atoms in total. The van der Waals surface area contributed by atoms with Gasteiger partial charge in [-0.2, -0.15) is 0 Å². The minimum Gasteiger partial charge on any atom is -0.469 e. The number of nitrogens with one attached hydrogen (secondary N) is 1. The predicted molar refractivity (Wildman–Crippen MR) is 104 cm³/mol. The molecule has 0 saturated heterocycles. The number of hydrogen-bond acceptors (Lipinski definition) is 7. The number of amides is 1. The summed E-state index contributed by atoms with van der Waals surface area (Å²) in [6.07, 6.45) is 0.541. The third-order valence-electron chi connectivity index (χ3n) is 4.61. The third-order valence-corrected chi connectivity index (χ3v) is 4.61. The molecule has 0 heterocycles. The van der Waals surface area contributed by atoms with Crippen molar-refractivity contribution in [3.8, 4) is 0 Å². The zero-order valence-corrected chi connectivity index (χ0v) is 16.2. The van der Waals surface area contributed by atoms with E-state index in [0.717, 1.165) is 0 Å². The third kappa shape index (κ3) is 4.27. The van der Waals surface area contributed by atoms with Crippen LogP contribution >= 0.6 is 0 Å². The Morgan fingerprint density at radius 2 is 1.57 bits per heavy atom. The van der Waals surface area contributed by atoms with E-state index in [1.165, 1.54) is 31.4 Å². The van der Waals surface area contributed by atoms with Crippen molar-refractivity contribution in [2.24, 2.45) is 0 Å². The molecule has 0 aliphatic heterocycles. The summed E-state index contributed by atoms with van der Waals surface area (Å²) in [5, 5.41) is 2.52. The van der Waals surface area contributed by atoms with Crippen molar-refractivity contribution in [3.05, 3.63) is 70.3 Å². The van der Waals surface area contributed by atoms with Crippen LogP contribution in [0.4, 0.5) is 0 Å². The number of rotatable bonds is 7. The number of hydrogen-bond donors (Lipinski definition) is 1. The molecule has 0 aromatic heterocycles. The lowest BCUT2D eigenvalue weighted by molar-refractivity contribution is -0.140. The summed E-state index contributed by atoms with van der Waals surface area (Å²) in [6, 6.07) is 10.8. The van der Waals surface area contributed by atoms with E-state index in [4.69, 9.17) is 4.74 Å². The molecular weight excluding hydrogens is 390 g/mol. The fraction of sp³-hybridized carbons (Fsp3) is 0.227. The van der Waals surface area contributed by atoms with Gasteiger partial charge in [0.2, 0.25) is 0 Å². The Morgan fingerprint density at radius 3 is 2.27 bits per heavy atom. The van der Waals surface area contributed by atoms with Crippen molar-refractivity contribution < 1.29 is 33.4 Å². The maximum atomic E-state index is 12.9. The monoisotopic (exact) mass is 409 g/mol. The summed E-state index contributed by atoms with van der Waals surface area (Å²) in [6.45, 7) is -0.338. The van der Waals surface area contributed by atoms with Crippen molar-refractivity contribution in [1.82, 2.24) is 5.32 Å². The highest BCUT2D eigenvalue weighted by atomic mass is 16.5. The molecule has 8 heteroatoms. The Kier molecular flexibility index (Phi) is 6.36. The van der Waals surface area contributed by atoms with Gasteiger partial charge in [0.25, 0.3) is 5.91 Å². The van der Waals surface area contributed by atoms with E-state index in [0.29, 0.717) is 6.42 Å². The summed E-state index contributed by atoms with van der Waals surface area (Å²) in [7, 11) is 1.28. The summed E-state index contributed by atoms with van der Waals surface area (Å²) in [4.78, 5) is 61.0. The fourth-order valence-electron chi connectivity index (χ4n) is 3.14. The maximum Gasteiger partial charge on any atom is 0.339 e. The smallest absolute Gasteiger partial charge is 0.339 e. The van der Waals surface area contributed by atoms with E-state index < -0.39 is 24.3 Å². The van der Waals surface area contributed by atoms with E-state index >= 15 is 0 Å². The first kappa shape index (κ1) is 20.9. The second kappa shape index (κ2) is 9.13. The van der Waals surface area contributed by atoms with Gasteiger partial charge in [-0.25, -0.2) is 4.79 Å². The lowest BCUT2D eigenvalue weighted by Crippen LogP contribution is -2.30. The number of fused-ring (bicyclic) bond motifs is 2. The number of benzene rings is 2. The van der Waals surface area contributed by atoms with E-state index in [1.807, 2.05) is 0 Å². The average molecular weight is 409 g/mol. The predicted octanol–water partition coefficient (Wildman–Crippen LogP) is 1.69. The zero-order valence-electron chi connectivity index (χ0n) is 16.2. The second-order valence-electron chi connectivity index (χ2n) is 6.54. The Balaban J connectivity index is 1.67. The molecule has 2 aromatic rings. The molecule has 1 aliphatic carbocycles. The van der Waals surface area contributed by atoms with E-state index in [-0.39, 0.29) is 52.5 Å². The summed E-state index contributed by atoms with van der Waals surface area (Å²) >= 11 is 0. The van der Waals surface area contributed by atoms with E-state index in [2.05, 4.69) is 10.1 Å². The van der Waals surface area contributed by atoms with E-state index in [1.54, 1.807) is 18.2 Å². The van der Waals surface area contributed by atoms with Gasteiger partial charge in [-0.15, -0.1) is 0 Å². The molecule has 1 amide bonds. The molecular formula is C22H19NO7. The number of carbonyl (C=O) groups excluding carboxylic acids is 5. The molecule has 3 rings (SSSR count). The molecule has 1 aliphatic rings. The minimum absolute atomic E-state index is 0.0234. The lowest BCUT2D eigenvalue weighted by atomic mass is 9.82. The van der Waals surface area contributed by atoms with Gasteiger partial charge in [0, 0.05) is 35.2 Å². The molecule has 0 spiro atoms. The Morgan fingerprint density at radius 1 is 0.900 bits per heavy atom. The van der Waals surface area contributed by atoms with Crippen LogP contribution in [0, 0.1) is 0 Å². The highest BCUT2D eigenvalue weighted by molar-refractivity contribution is 6.30. The lowest BCUT2D eigenvalue weighted by Gasteiger charge is -2.19. The largest absolute Gasteiger partial charge is 0.469 e. The molecule has 30 heavy (non-hydrogen) atoms. The average Bonchev–Trinajstić information content (AvgIpc) is 2.77. The van der Waals surface area contributed by atoms with Gasteiger partial charge >= 0.3 is 11.9 Å². The second-order valence-corrected chi connectivity index (χ2v) is 6.54. The number of ether oxygens (including phenoxy) is 2. The molecule has 0 saturated carbocycles. The Bertz CT molecular complexity index is 1040. The van der Waals surface area contributed by atoms with Gasteiger partial charge in [-0.05, 0) is 12.5 Å². The van der Waals surface area contributed by atoms with Crippen LogP contribution in [0.2, 0.25) is 0 Å². The van der Waals surface area contributed by atoms with Crippen molar-refractivity contribution in [2.45, 2.75) is 12.8 Å². The minimum atomic E-state index is -0.878. The van der Waals surface area contributed by atoms with Crippen molar-refractivity contribution >= 4 is 29.4 Å². The van der Waals surface area contributed by atoms with Gasteiger partial charge in [0.05, 0.1) is 12.7 Å². The quantitative estimate of drug-likeness (QED) is 0.466. The highest BCUT2D eigenvalue weighted by Gasteiger charge is 2.33. The molecule has 0 unspecified atom stereocenters. The van der Waals surface area contributed by atoms with Gasteiger partial charge < -0.3 is 14.8 Å². The molecule has 2 aromatic carbocycles. The molecule has 0 bridgehead atoms. The summed E-state index contributed by atoms with van der Waals surface area (Å²) in [5.41, 5.74) is 0.536. The SMILES string of the molecule is COC(=O)CCCNC(=O)COC(=O)c1cccc2c1C(=O)c1ccccc1C2=O. The maximum absolute atomic E-state index is 12.9. The summed E-state index contributed by atoms with van der Waals surface area (Å²) in [5.74, 6) is -2.61. The number of ketones is 2. The normalized spacial score (nSPS) is 11.9. The standard InChI is InChI=1S/C22H19NO7/c1-29-18(25)10-5-11-23-17(24)12-30-22(28)16-9-4-8-15-19(16)21(27)14-7-3-2-6-13(14)20(15)26/h2-4,6-9H,5,10-12H2,1H3,(H,23,24). The van der Waals surface area contributed by atoms with Crippen LogP contribution in [0.3, 0.4) is 0 Å². The van der Waals surface area contributed by atoms with Crippen molar-refractivity contribution in [3.63, 3.8) is 0 Å². The van der Waals surface area contributed by atoms with Crippen molar-refractivity contribution in [1.29, 1.82) is 0 Å².